The Morgan fingerprint density at radius 2 is 2.19 bits per heavy atom. The largest absolute Gasteiger partial charge is 0.476 e. The monoisotopic (exact) mass is 238 g/mol. The lowest BCUT2D eigenvalue weighted by molar-refractivity contribution is 0.0690. The Labute approximate surface area is 95.7 Å². The van der Waals surface area contributed by atoms with E-state index in [1.165, 1.54) is 0 Å². The maximum atomic E-state index is 10.6. The van der Waals surface area contributed by atoms with Crippen LogP contribution in [0.4, 0.5) is 11.7 Å². The van der Waals surface area contributed by atoms with Crippen molar-refractivity contribution in [1.82, 2.24) is 4.98 Å². The van der Waals surface area contributed by atoms with Crippen molar-refractivity contribution in [3.63, 3.8) is 0 Å². The molecule has 5 nitrogen and oxygen atoms in total. The first kappa shape index (κ1) is 10.5. The minimum atomic E-state index is -1.14. The molecule has 0 aliphatic rings. The van der Waals surface area contributed by atoms with E-state index in [4.69, 9.17) is 21.1 Å². The lowest BCUT2D eigenvalue weighted by atomic mass is 10.3. The number of carboxylic acids is 1. The molecular weight excluding hydrogens is 232 g/mol. The molecule has 82 valence electrons. The zero-order valence-electron chi connectivity index (χ0n) is 7.98. The summed E-state index contributed by atoms with van der Waals surface area (Å²) in [5.74, 6) is -1.14. The predicted molar refractivity (Wildman–Crippen MR) is 58.2 cm³/mol. The number of nitrogens with one attached hydrogen (secondary N) is 1. The van der Waals surface area contributed by atoms with E-state index < -0.39 is 5.97 Å². The molecule has 1 heterocycles. The molecule has 1 aromatic heterocycles. The highest BCUT2D eigenvalue weighted by molar-refractivity contribution is 6.33. The van der Waals surface area contributed by atoms with Crippen molar-refractivity contribution in [3.8, 4) is 0 Å². The first-order valence-corrected chi connectivity index (χ1v) is 4.75. The van der Waals surface area contributed by atoms with Gasteiger partial charge in [0, 0.05) is 0 Å². The van der Waals surface area contributed by atoms with E-state index in [-0.39, 0.29) is 11.7 Å². The molecule has 0 fully saturated rings. The van der Waals surface area contributed by atoms with Gasteiger partial charge in [-0.1, -0.05) is 23.7 Å². The maximum Gasteiger partial charge on any atom is 0.357 e. The quantitative estimate of drug-likeness (QED) is 0.860. The van der Waals surface area contributed by atoms with E-state index >= 15 is 0 Å². The van der Waals surface area contributed by atoms with Gasteiger partial charge in [-0.05, 0) is 12.1 Å². The molecule has 0 spiro atoms. The number of anilines is 2. The van der Waals surface area contributed by atoms with Crippen molar-refractivity contribution in [2.24, 2.45) is 0 Å². The minimum absolute atomic E-state index is 0.0884. The highest BCUT2D eigenvalue weighted by Crippen LogP contribution is 2.24. The van der Waals surface area contributed by atoms with Crippen molar-refractivity contribution >= 4 is 29.3 Å². The van der Waals surface area contributed by atoms with Crippen LogP contribution >= 0.6 is 11.6 Å². The zero-order valence-corrected chi connectivity index (χ0v) is 8.73. The fourth-order valence-electron chi connectivity index (χ4n) is 1.11. The molecule has 0 aliphatic carbocycles. The molecule has 2 N–H and O–H groups in total. The molecule has 0 saturated heterocycles. The van der Waals surface area contributed by atoms with Crippen LogP contribution < -0.4 is 5.32 Å². The Hall–Kier alpha value is -2.01. The number of oxazole rings is 1. The molecule has 0 unspecified atom stereocenters. The molecule has 6 heteroatoms. The summed E-state index contributed by atoms with van der Waals surface area (Å²) in [5.41, 5.74) is 0.442. The second kappa shape index (κ2) is 4.24. The van der Waals surface area contributed by atoms with Crippen LogP contribution in [0.2, 0.25) is 5.02 Å². The van der Waals surface area contributed by atoms with Crippen LogP contribution in [-0.4, -0.2) is 16.1 Å². The first-order valence-electron chi connectivity index (χ1n) is 4.37. The highest BCUT2D eigenvalue weighted by atomic mass is 35.5. The number of para-hydroxylation sites is 1. The molecule has 1 aromatic carbocycles. The number of aromatic carboxylic acids is 1. The second-order valence-corrected chi connectivity index (χ2v) is 3.36. The molecule has 0 radical (unpaired) electrons. The standard InChI is InChI=1S/C10H7ClN2O3/c11-6-3-1-2-4-7(6)12-10-13-8(5-16-10)9(14)15/h1-5H,(H,12,13)(H,14,15). The molecule has 0 bridgehead atoms. The summed E-state index contributed by atoms with van der Waals surface area (Å²) in [4.78, 5) is 14.3. The summed E-state index contributed by atoms with van der Waals surface area (Å²) < 4.78 is 4.92. The Morgan fingerprint density at radius 3 is 2.81 bits per heavy atom. The third-order valence-corrected chi connectivity index (χ3v) is 2.17. The SMILES string of the molecule is O=C(O)c1coc(Nc2ccccc2Cl)n1. The van der Waals surface area contributed by atoms with Gasteiger partial charge < -0.3 is 14.8 Å². The number of benzene rings is 1. The third-order valence-electron chi connectivity index (χ3n) is 1.84. The van der Waals surface area contributed by atoms with Gasteiger partial charge in [-0.15, -0.1) is 0 Å². The van der Waals surface area contributed by atoms with Gasteiger partial charge in [0.2, 0.25) is 0 Å². The number of carbonyl (C=O) groups is 1. The fourth-order valence-corrected chi connectivity index (χ4v) is 1.29. The average molecular weight is 239 g/mol. The first-order chi connectivity index (χ1) is 7.66. The van der Waals surface area contributed by atoms with Gasteiger partial charge in [-0.25, -0.2) is 4.79 Å². The lowest BCUT2D eigenvalue weighted by Crippen LogP contribution is -1.97. The van der Waals surface area contributed by atoms with Gasteiger partial charge in [-0.3, -0.25) is 0 Å². The molecular formula is C10H7ClN2O3. The normalized spacial score (nSPS) is 10.1. The maximum absolute atomic E-state index is 10.6. The Bertz CT molecular complexity index is 524. The number of aromatic nitrogens is 1. The fraction of sp³-hybridized carbons (Fsp3) is 0. The van der Waals surface area contributed by atoms with Gasteiger partial charge >= 0.3 is 5.97 Å². The molecule has 16 heavy (non-hydrogen) atoms. The average Bonchev–Trinajstić information content (AvgIpc) is 2.70. The van der Waals surface area contributed by atoms with E-state index in [9.17, 15) is 4.79 Å². The van der Waals surface area contributed by atoms with E-state index in [2.05, 4.69) is 10.3 Å². The van der Waals surface area contributed by atoms with Crippen molar-refractivity contribution in [2.45, 2.75) is 0 Å². The van der Waals surface area contributed by atoms with Crippen LogP contribution in [0.5, 0.6) is 0 Å². The minimum Gasteiger partial charge on any atom is -0.476 e. The van der Waals surface area contributed by atoms with Crippen LogP contribution in [0.1, 0.15) is 10.5 Å². The predicted octanol–water partition coefficient (Wildman–Crippen LogP) is 2.77. The van der Waals surface area contributed by atoms with Gasteiger partial charge in [0.05, 0.1) is 10.7 Å². The topological polar surface area (TPSA) is 75.4 Å². The van der Waals surface area contributed by atoms with Crippen LogP contribution in [0.25, 0.3) is 0 Å². The zero-order chi connectivity index (χ0) is 11.5. The Morgan fingerprint density at radius 1 is 1.44 bits per heavy atom. The summed E-state index contributed by atoms with van der Waals surface area (Å²) in [6, 6.07) is 7.09. The van der Waals surface area contributed by atoms with E-state index in [0.717, 1.165) is 6.26 Å². The van der Waals surface area contributed by atoms with Gasteiger partial charge in [0.1, 0.15) is 6.26 Å². The summed E-state index contributed by atoms with van der Waals surface area (Å²) in [6.07, 6.45) is 1.06. The van der Waals surface area contributed by atoms with Crippen molar-refractivity contribution < 1.29 is 14.3 Å². The molecule has 0 saturated carbocycles. The molecule has 2 aromatic rings. The van der Waals surface area contributed by atoms with E-state index in [1.54, 1.807) is 24.3 Å². The van der Waals surface area contributed by atoms with Crippen molar-refractivity contribution in [1.29, 1.82) is 0 Å². The molecule has 0 amide bonds. The lowest BCUT2D eigenvalue weighted by Gasteiger charge is -2.02. The number of rotatable bonds is 3. The smallest absolute Gasteiger partial charge is 0.357 e. The van der Waals surface area contributed by atoms with Crippen molar-refractivity contribution in [2.75, 3.05) is 5.32 Å². The molecule has 2 rings (SSSR count). The second-order valence-electron chi connectivity index (χ2n) is 2.95. The van der Waals surface area contributed by atoms with Crippen LogP contribution in [0.15, 0.2) is 34.9 Å². The van der Waals surface area contributed by atoms with Gasteiger partial charge in [0.15, 0.2) is 5.69 Å². The number of hydrogen-bond acceptors (Lipinski definition) is 4. The van der Waals surface area contributed by atoms with Gasteiger partial charge in [-0.2, -0.15) is 4.98 Å². The highest BCUT2D eigenvalue weighted by Gasteiger charge is 2.10. The van der Waals surface area contributed by atoms with E-state index in [1.807, 2.05) is 0 Å². The van der Waals surface area contributed by atoms with Crippen LogP contribution in [0, 0.1) is 0 Å². The summed E-state index contributed by atoms with van der Waals surface area (Å²) in [6.45, 7) is 0. The van der Waals surface area contributed by atoms with Crippen LogP contribution in [0.3, 0.4) is 0 Å². The van der Waals surface area contributed by atoms with Crippen LogP contribution in [-0.2, 0) is 0 Å². The third kappa shape index (κ3) is 2.14. The summed E-state index contributed by atoms with van der Waals surface area (Å²) in [7, 11) is 0. The number of halogens is 1. The summed E-state index contributed by atoms with van der Waals surface area (Å²) >= 11 is 5.90. The Balaban J connectivity index is 2.21. The number of nitrogens with zero attached hydrogens (tertiary/aromatic N) is 1. The van der Waals surface area contributed by atoms with Gasteiger partial charge in [0.25, 0.3) is 6.01 Å². The van der Waals surface area contributed by atoms with E-state index in [0.29, 0.717) is 10.7 Å². The van der Waals surface area contributed by atoms with Crippen molar-refractivity contribution in [3.05, 3.63) is 41.2 Å². The summed E-state index contributed by atoms with van der Waals surface area (Å²) in [5, 5.41) is 11.9. The molecule has 0 atom stereocenters. The number of hydrogen-bond donors (Lipinski definition) is 2. The Kier molecular flexibility index (Phi) is 2.78. The molecule has 0 aliphatic heterocycles. The number of carboxylic acid groups (broad SMARTS) is 1.